The third-order valence-electron chi connectivity index (χ3n) is 3.79. The first-order valence-corrected chi connectivity index (χ1v) is 7.69. The average molecular weight is 310 g/mol. The average Bonchev–Trinajstić information content (AvgIpc) is 2.35. The number of hydrogen-bond donors (Lipinski definition) is 1. The molecule has 1 fully saturated rings. The summed E-state index contributed by atoms with van der Waals surface area (Å²) in [4.78, 5) is 12.1. The van der Waals surface area contributed by atoms with Gasteiger partial charge in [0.05, 0.1) is 5.54 Å². The summed E-state index contributed by atoms with van der Waals surface area (Å²) in [5, 5.41) is 3.90. The largest absolute Gasteiger partial charge is 0.346 e. The van der Waals surface area contributed by atoms with Gasteiger partial charge in [0.25, 0.3) is 0 Å². The summed E-state index contributed by atoms with van der Waals surface area (Å²) in [7, 11) is 0. The first-order valence-electron chi connectivity index (χ1n) is 6.56. The summed E-state index contributed by atoms with van der Waals surface area (Å²) >= 11 is 3.52. The van der Waals surface area contributed by atoms with Crippen LogP contribution in [-0.4, -0.2) is 11.2 Å². The standard InChI is InChI=1S/C15H20BrNO/c1-15(11-16,13-8-3-2-4-9-13)17-14(18)10-12-6-5-7-12/h2-4,8-9,12H,5-7,10-11H2,1H3,(H,17,18). The molecule has 18 heavy (non-hydrogen) atoms. The molecular formula is C15H20BrNO. The highest BCUT2D eigenvalue weighted by atomic mass is 79.9. The van der Waals surface area contributed by atoms with Gasteiger partial charge in [0, 0.05) is 11.8 Å². The Balaban J connectivity index is 2.01. The lowest BCUT2D eigenvalue weighted by molar-refractivity contribution is -0.124. The zero-order valence-electron chi connectivity index (χ0n) is 10.8. The summed E-state index contributed by atoms with van der Waals surface area (Å²) in [5.74, 6) is 0.783. The first-order chi connectivity index (χ1) is 8.64. The van der Waals surface area contributed by atoms with Crippen molar-refractivity contribution in [1.29, 1.82) is 0 Å². The Hall–Kier alpha value is -0.830. The van der Waals surface area contributed by atoms with E-state index in [1.807, 2.05) is 18.2 Å². The van der Waals surface area contributed by atoms with Gasteiger partial charge in [-0.25, -0.2) is 0 Å². The minimum Gasteiger partial charge on any atom is -0.346 e. The van der Waals surface area contributed by atoms with E-state index >= 15 is 0 Å². The number of carbonyl (C=O) groups is 1. The number of benzene rings is 1. The van der Waals surface area contributed by atoms with Crippen molar-refractivity contribution < 1.29 is 4.79 Å². The third kappa shape index (κ3) is 3.14. The Morgan fingerprint density at radius 2 is 2.06 bits per heavy atom. The monoisotopic (exact) mass is 309 g/mol. The topological polar surface area (TPSA) is 29.1 Å². The molecule has 2 rings (SSSR count). The second-order valence-corrected chi connectivity index (χ2v) is 5.94. The molecule has 1 unspecified atom stereocenters. The van der Waals surface area contributed by atoms with Gasteiger partial charge in [-0.2, -0.15) is 0 Å². The van der Waals surface area contributed by atoms with Gasteiger partial charge in [-0.05, 0) is 31.2 Å². The van der Waals surface area contributed by atoms with E-state index in [4.69, 9.17) is 0 Å². The molecule has 3 heteroatoms. The zero-order chi connectivity index (χ0) is 13.0. The van der Waals surface area contributed by atoms with Crippen molar-refractivity contribution in [3.63, 3.8) is 0 Å². The molecule has 1 aliphatic rings. The van der Waals surface area contributed by atoms with E-state index in [1.54, 1.807) is 0 Å². The predicted octanol–water partition coefficient (Wildman–Crippen LogP) is 3.60. The predicted molar refractivity (Wildman–Crippen MR) is 77.7 cm³/mol. The van der Waals surface area contributed by atoms with Crippen molar-refractivity contribution in [2.24, 2.45) is 5.92 Å². The van der Waals surface area contributed by atoms with E-state index in [0.29, 0.717) is 12.3 Å². The van der Waals surface area contributed by atoms with Crippen molar-refractivity contribution in [2.75, 3.05) is 5.33 Å². The Bertz CT molecular complexity index is 402. The van der Waals surface area contributed by atoms with E-state index in [-0.39, 0.29) is 11.4 Å². The number of rotatable bonds is 5. The maximum Gasteiger partial charge on any atom is 0.220 e. The number of halogens is 1. The molecule has 2 nitrogen and oxygen atoms in total. The van der Waals surface area contributed by atoms with Gasteiger partial charge in [0.15, 0.2) is 0 Å². The number of nitrogens with one attached hydrogen (secondary N) is 1. The number of alkyl halides is 1. The number of hydrogen-bond acceptors (Lipinski definition) is 1. The van der Waals surface area contributed by atoms with Crippen LogP contribution < -0.4 is 5.32 Å². The third-order valence-corrected chi connectivity index (χ3v) is 4.91. The van der Waals surface area contributed by atoms with Crippen LogP contribution >= 0.6 is 15.9 Å². The molecule has 1 aromatic carbocycles. The van der Waals surface area contributed by atoms with E-state index in [1.165, 1.54) is 19.3 Å². The smallest absolute Gasteiger partial charge is 0.220 e. The highest BCUT2D eigenvalue weighted by molar-refractivity contribution is 9.09. The molecule has 0 saturated heterocycles. The second kappa shape index (κ2) is 5.87. The zero-order valence-corrected chi connectivity index (χ0v) is 12.4. The van der Waals surface area contributed by atoms with Crippen molar-refractivity contribution in [3.8, 4) is 0 Å². The second-order valence-electron chi connectivity index (χ2n) is 5.38. The summed E-state index contributed by atoms with van der Waals surface area (Å²) < 4.78 is 0. The molecule has 0 aliphatic heterocycles. The maximum atomic E-state index is 12.1. The first kappa shape index (κ1) is 13.6. The fourth-order valence-corrected chi connectivity index (χ4v) is 2.77. The summed E-state index contributed by atoms with van der Waals surface area (Å²) in [6.07, 6.45) is 4.38. The van der Waals surface area contributed by atoms with Crippen molar-refractivity contribution in [1.82, 2.24) is 5.32 Å². The van der Waals surface area contributed by atoms with Crippen LogP contribution in [0.15, 0.2) is 30.3 Å². The van der Waals surface area contributed by atoms with E-state index < -0.39 is 0 Å². The lowest BCUT2D eigenvalue weighted by Gasteiger charge is -2.31. The Kier molecular flexibility index (Phi) is 4.44. The highest BCUT2D eigenvalue weighted by Gasteiger charge is 2.29. The van der Waals surface area contributed by atoms with E-state index in [2.05, 4.69) is 40.3 Å². The molecule has 0 spiro atoms. The minimum atomic E-state index is -0.317. The molecular weight excluding hydrogens is 290 g/mol. The molecule has 0 radical (unpaired) electrons. The summed E-state index contributed by atoms with van der Waals surface area (Å²) in [6, 6.07) is 10.1. The van der Waals surface area contributed by atoms with Gasteiger partial charge in [-0.1, -0.05) is 52.7 Å². The van der Waals surface area contributed by atoms with Gasteiger partial charge < -0.3 is 5.32 Å². The van der Waals surface area contributed by atoms with Crippen LogP contribution in [0.25, 0.3) is 0 Å². The van der Waals surface area contributed by atoms with Crippen molar-refractivity contribution >= 4 is 21.8 Å². The molecule has 1 atom stereocenters. The SMILES string of the molecule is CC(CBr)(NC(=O)CC1CCC1)c1ccccc1. The van der Waals surface area contributed by atoms with Crippen LogP contribution in [-0.2, 0) is 10.3 Å². The van der Waals surface area contributed by atoms with Crippen LogP contribution in [0, 0.1) is 5.92 Å². The van der Waals surface area contributed by atoms with Crippen LogP contribution in [0.5, 0.6) is 0 Å². The van der Waals surface area contributed by atoms with Gasteiger partial charge in [-0.15, -0.1) is 0 Å². The molecule has 1 aliphatic carbocycles. The van der Waals surface area contributed by atoms with Crippen LogP contribution in [0.1, 0.15) is 38.2 Å². The fourth-order valence-electron chi connectivity index (χ4n) is 2.31. The highest BCUT2D eigenvalue weighted by Crippen LogP contribution is 2.30. The van der Waals surface area contributed by atoms with Crippen LogP contribution in [0.3, 0.4) is 0 Å². The quantitative estimate of drug-likeness (QED) is 0.827. The minimum absolute atomic E-state index is 0.172. The molecule has 98 valence electrons. The lowest BCUT2D eigenvalue weighted by atomic mass is 9.82. The molecule has 1 saturated carbocycles. The Morgan fingerprint density at radius 3 is 2.56 bits per heavy atom. The Morgan fingerprint density at radius 1 is 1.39 bits per heavy atom. The molecule has 1 aromatic rings. The molecule has 0 bridgehead atoms. The maximum absolute atomic E-state index is 12.1. The van der Waals surface area contributed by atoms with Gasteiger partial charge in [0.1, 0.15) is 0 Å². The van der Waals surface area contributed by atoms with Gasteiger partial charge in [0.2, 0.25) is 5.91 Å². The summed E-state index contributed by atoms with van der Waals surface area (Å²) in [6.45, 7) is 2.07. The van der Waals surface area contributed by atoms with Crippen molar-refractivity contribution in [2.45, 2.75) is 38.1 Å². The van der Waals surface area contributed by atoms with Gasteiger partial charge >= 0.3 is 0 Å². The van der Waals surface area contributed by atoms with Crippen LogP contribution in [0.4, 0.5) is 0 Å². The van der Waals surface area contributed by atoms with E-state index in [9.17, 15) is 4.79 Å². The Labute approximate surface area is 117 Å². The molecule has 1 amide bonds. The summed E-state index contributed by atoms with van der Waals surface area (Å²) in [5.41, 5.74) is 0.825. The molecule has 1 N–H and O–H groups in total. The fraction of sp³-hybridized carbons (Fsp3) is 0.533. The lowest BCUT2D eigenvalue weighted by Crippen LogP contribution is -2.45. The van der Waals surface area contributed by atoms with E-state index in [0.717, 1.165) is 10.9 Å². The number of carbonyl (C=O) groups excluding carboxylic acids is 1. The van der Waals surface area contributed by atoms with Crippen LogP contribution in [0.2, 0.25) is 0 Å². The normalized spacial score (nSPS) is 18.8. The number of amides is 1. The van der Waals surface area contributed by atoms with Crippen molar-refractivity contribution in [3.05, 3.63) is 35.9 Å². The van der Waals surface area contributed by atoms with Gasteiger partial charge in [-0.3, -0.25) is 4.79 Å². The molecule has 0 heterocycles. The molecule has 0 aromatic heterocycles.